The molecule has 0 saturated heterocycles. The van der Waals surface area contributed by atoms with E-state index >= 15 is 0 Å². The summed E-state index contributed by atoms with van der Waals surface area (Å²) in [7, 11) is 0. The molecule has 0 fully saturated rings. The number of benzene rings is 1. The number of hydrogen-bond acceptors (Lipinski definition) is 4. The molecule has 0 saturated carbocycles. The van der Waals surface area contributed by atoms with Crippen molar-refractivity contribution in [3.63, 3.8) is 0 Å². The van der Waals surface area contributed by atoms with Crippen LogP contribution in [0.4, 0.5) is 5.69 Å². The summed E-state index contributed by atoms with van der Waals surface area (Å²) in [6, 6.07) is 7.59. The maximum absolute atomic E-state index is 11.7. The molecule has 2 rings (SSSR count). The van der Waals surface area contributed by atoms with Gasteiger partial charge >= 0.3 is 0 Å². The number of nitrogens with zero attached hydrogens (tertiary/aromatic N) is 3. The zero-order valence-corrected chi connectivity index (χ0v) is 11.4. The fourth-order valence-electron chi connectivity index (χ4n) is 1.81. The molecule has 1 heterocycles. The number of aliphatic hydroxyl groups is 1. The van der Waals surface area contributed by atoms with Crippen LogP contribution >= 0.6 is 0 Å². The Morgan fingerprint density at radius 3 is 3.05 bits per heavy atom. The monoisotopic (exact) mass is 274 g/mol. The predicted octanol–water partition coefficient (Wildman–Crippen LogP) is 1.43. The lowest BCUT2D eigenvalue weighted by molar-refractivity contribution is -0.116. The van der Waals surface area contributed by atoms with E-state index in [0.717, 1.165) is 11.3 Å². The highest BCUT2D eigenvalue weighted by atomic mass is 16.3. The Balaban J connectivity index is 1.94. The van der Waals surface area contributed by atoms with Gasteiger partial charge in [-0.15, -0.1) is 0 Å². The first-order chi connectivity index (χ1) is 9.63. The third kappa shape index (κ3) is 4.47. The average molecular weight is 274 g/mol. The number of aromatic nitrogens is 3. The number of aliphatic hydroxyl groups excluding tert-OH is 1. The van der Waals surface area contributed by atoms with Gasteiger partial charge in [0.1, 0.15) is 12.7 Å². The second-order valence-corrected chi connectivity index (χ2v) is 4.73. The quantitative estimate of drug-likeness (QED) is 0.835. The topological polar surface area (TPSA) is 80.0 Å². The van der Waals surface area contributed by atoms with Crippen LogP contribution in [-0.4, -0.2) is 31.9 Å². The second kappa shape index (κ2) is 6.81. The highest BCUT2D eigenvalue weighted by Gasteiger charge is 2.05. The van der Waals surface area contributed by atoms with Crippen LogP contribution < -0.4 is 5.32 Å². The van der Waals surface area contributed by atoms with Crippen LogP contribution in [0.25, 0.3) is 0 Å². The van der Waals surface area contributed by atoms with Gasteiger partial charge in [0.15, 0.2) is 0 Å². The van der Waals surface area contributed by atoms with Crippen LogP contribution in [-0.2, 0) is 11.3 Å². The highest BCUT2D eigenvalue weighted by molar-refractivity contribution is 5.90. The van der Waals surface area contributed by atoms with E-state index in [1.165, 1.54) is 6.33 Å². The Morgan fingerprint density at radius 1 is 1.50 bits per heavy atom. The Labute approximate surface area is 117 Å². The first kappa shape index (κ1) is 14.2. The molecule has 6 nitrogen and oxygen atoms in total. The van der Waals surface area contributed by atoms with Crippen LogP contribution in [0, 0.1) is 0 Å². The van der Waals surface area contributed by atoms with Crippen LogP contribution in [0.3, 0.4) is 0 Å². The predicted molar refractivity (Wildman–Crippen MR) is 75.1 cm³/mol. The van der Waals surface area contributed by atoms with E-state index < -0.39 is 6.10 Å². The summed E-state index contributed by atoms with van der Waals surface area (Å²) < 4.78 is 1.72. The lowest BCUT2D eigenvalue weighted by atomic mass is 10.2. The number of carbonyl (C=O) groups excluding carboxylic acids is 1. The minimum Gasteiger partial charge on any atom is -0.393 e. The van der Waals surface area contributed by atoms with Gasteiger partial charge < -0.3 is 10.4 Å². The molecule has 2 N–H and O–H groups in total. The van der Waals surface area contributed by atoms with Crippen molar-refractivity contribution in [3.05, 3.63) is 42.5 Å². The molecule has 6 heteroatoms. The molecule has 20 heavy (non-hydrogen) atoms. The van der Waals surface area contributed by atoms with Gasteiger partial charge in [-0.25, -0.2) is 9.67 Å². The van der Waals surface area contributed by atoms with Crippen molar-refractivity contribution in [2.75, 3.05) is 5.32 Å². The number of nitrogens with one attached hydrogen (secondary N) is 1. The van der Waals surface area contributed by atoms with Gasteiger partial charge in [0.25, 0.3) is 0 Å². The van der Waals surface area contributed by atoms with E-state index in [4.69, 9.17) is 5.11 Å². The average Bonchev–Trinajstić information content (AvgIpc) is 2.89. The van der Waals surface area contributed by atoms with Crippen molar-refractivity contribution < 1.29 is 9.90 Å². The number of anilines is 1. The minimum atomic E-state index is -0.459. The highest BCUT2D eigenvalue weighted by Crippen LogP contribution is 2.12. The Hall–Kier alpha value is -2.21. The summed E-state index contributed by atoms with van der Waals surface area (Å²) in [5, 5.41) is 16.0. The SMILES string of the molecule is CC(O)CCC(=O)Nc1cccc(Cn2cncn2)c1. The van der Waals surface area contributed by atoms with E-state index in [2.05, 4.69) is 15.4 Å². The Bertz CT molecular complexity index is 552. The molecule has 1 aromatic carbocycles. The molecular formula is C14H18N4O2. The smallest absolute Gasteiger partial charge is 0.224 e. The second-order valence-electron chi connectivity index (χ2n) is 4.73. The van der Waals surface area contributed by atoms with Crippen LogP contribution in [0.5, 0.6) is 0 Å². The number of rotatable bonds is 6. The summed E-state index contributed by atoms with van der Waals surface area (Å²) in [5.41, 5.74) is 1.78. The summed E-state index contributed by atoms with van der Waals surface area (Å²) in [5.74, 6) is -0.0937. The van der Waals surface area contributed by atoms with Crippen LogP contribution in [0.15, 0.2) is 36.9 Å². The summed E-state index contributed by atoms with van der Waals surface area (Å²) in [6.45, 7) is 2.28. The first-order valence-electron chi connectivity index (χ1n) is 6.53. The maximum atomic E-state index is 11.7. The van der Waals surface area contributed by atoms with Gasteiger partial charge in [-0.3, -0.25) is 4.79 Å². The first-order valence-corrected chi connectivity index (χ1v) is 6.53. The summed E-state index contributed by atoms with van der Waals surface area (Å²) >= 11 is 0. The van der Waals surface area contributed by atoms with E-state index in [-0.39, 0.29) is 5.91 Å². The van der Waals surface area contributed by atoms with E-state index in [1.54, 1.807) is 17.9 Å². The largest absolute Gasteiger partial charge is 0.393 e. The van der Waals surface area contributed by atoms with E-state index in [1.807, 2.05) is 24.3 Å². The maximum Gasteiger partial charge on any atom is 0.224 e. The van der Waals surface area contributed by atoms with E-state index in [0.29, 0.717) is 19.4 Å². The van der Waals surface area contributed by atoms with Crippen molar-refractivity contribution in [1.82, 2.24) is 14.8 Å². The minimum absolute atomic E-state index is 0.0937. The van der Waals surface area contributed by atoms with Gasteiger partial charge in [-0.05, 0) is 31.0 Å². The van der Waals surface area contributed by atoms with Gasteiger partial charge in [-0.1, -0.05) is 12.1 Å². The fraction of sp³-hybridized carbons (Fsp3) is 0.357. The molecule has 2 aromatic rings. The molecule has 1 atom stereocenters. The Kier molecular flexibility index (Phi) is 4.84. The van der Waals surface area contributed by atoms with Crippen LogP contribution in [0.2, 0.25) is 0 Å². The molecule has 0 aliphatic carbocycles. The van der Waals surface area contributed by atoms with Gasteiger partial charge in [-0.2, -0.15) is 5.10 Å². The van der Waals surface area contributed by atoms with Crippen molar-refractivity contribution >= 4 is 11.6 Å². The summed E-state index contributed by atoms with van der Waals surface area (Å²) in [6.07, 6.45) is 3.45. The number of hydrogen-bond donors (Lipinski definition) is 2. The molecule has 0 bridgehead atoms. The van der Waals surface area contributed by atoms with Crippen molar-refractivity contribution in [1.29, 1.82) is 0 Å². The molecule has 1 aromatic heterocycles. The van der Waals surface area contributed by atoms with Crippen molar-refractivity contribution in [2.24, 2.45) is 0 Å². The van der Waals surface area contributed by atoms with Gasteiger partial charge in [0, 0.05) is 12.1 Å². The molecule has 0 spiro atoms. The molecule has 0 radical (unpaired) electrons. The molecule has 1 unspecified atom stereocenters. The van der Waals surface area contributed by atoms with E-state index in [9.17, 15) is 4.79 Å². The zero-order chi connectivity index (χ0) is 14.4. The Morgan fingerprint density at radius 2 is 2.35 bits per heavy atom. The lowest BCUT2D eigenvalue weighted by Crippen LogP contribution is -2.14. The van der Waals surface area contributed by atoms with Crippen LogP contribution in [0.1, 0.15) is 25.3 Å². The standard InChI is InChI=1S/C14H18N4O2/c1-11(19)5-6-14(20)17-13-4-2-3-12(7-13)8-18-10-15-9-16-18/h2-4,7,9-11,19H,5-6,8H2,1H3,(H,17,20). The molecule has 0 aliphatic heterocycles. The fourth-order valence-corrected chi connectivity index (χ4v) is 1.81. The number of carbonyl (C=O) groups is 1. The van der Waals surface area contributed by atoms with Crippen molar-refractivity contribution in [2.45, 2.75) is 32.4 Å². The zero-order valence-electron chi connectivity index (χ0n) is 11.4. The third-order valence-corrected chi connectivity index (χ3v) is 2.81. The lowest BCUT2D eigenvalue weighted by Gasteiger charge is -2.08. The van der Waals surface area contributed by atoms with Gasteiger partial charge in [0.05, 0.1) is 12.6 Å². The molecule has 0 aliphatic rings. The van der Waals surface area contributed by atoms with Crippen molar-refractivity contribution in [3.8, 4) is 0 Å². The molecule has 106 valence electrons. The molecular weight excluding hydrogens is 256 g/mol. The normalized spacial score (nSPS) is 12.1. The molecule has 1 amide bonds. The number of amides is 1. The summed E-state index contributed by atoms with van der Waals surface area (Å²) in [4.78, 5) is 15.6. The third-order valence-electron chi connectivity index (χ3n) is 2.81. The van der Waals surface area contributed by atoms with Gasteiger partial charge in [0.2, 0.25) is 5.91 Å².